The lowest BCUT2D eigenvalue weighted by atomic mass is 9.98. The molecule has 3 heterocycles. The zero-order valence-electron chi connectivity index (χ0n) is 13.8. The van der Waals surface area contributed by atoms with Gasteiger partial charge in [-0.15, -0.1) is 21.5 Å². The molecule has 0 aliphatic carbocycles. The summed E-state index contributed by atoms with van der Waals surface area (Å²) in [5.74, 6) is -0.441. The standard InChI is InChI=1S/C15H18N4O3S2/c1-15(2,3)12-16-17-13(24-12)19-10(8-18(4)14(19)21)22-11(20)9-6-5-7-23-9/h5-7,10H,8H2,1-4H3. The van der Waals surface area contributed by atoms with Gasteiger partial charge in [0.1, 0.15) is 9.88 Å². The Hall–Kier alpha value is -2.00. The largest absolute Gasteiger partial charge is 0.435 e. The molecule has 2 aromatic heterocycles. The second-order valence-corrected chi connectivity index (χ2v) is 8.41. The van der Waals surface area contributed by atoms with Gasteiger partial charge in [-0.3, -0.25) is 0 Å². The Kier molecular flexibility index (Phi) is 4.31. The number of carbonyl (C=O) groups is 2. The Morgan fingerprint density at radius 2 is 2.12 bits per heavy atom. The van der Waals surface area contributed by atoms with Crippen LogP contribution in [0, 0.1) is 0 Å². The molecular formula is C15H18N4O3S2. The Bertz CT molecular complexity index is 751. The van der Waals surface area contributed by atoms with Crippen LogP contribution in [0.5, 0.6) is 0 Å². The average Bonchev–Trinajstić information content (AvgIpc) is 3.20. The van der Waals surface area contributed by atoms with Crippen molar-refractivity contribution in [2.75, 3.05) is 18.5 Å². The summed E-state index contributed by atoms with van der Waals surface area (Å²) in [6.07, 6.45) is -0.710. The van der Waals surface area contributed by atoms with Crippen molar-refractivity contribution in [1.29, 1.82) is 0 Å². The van der Waals surface area contributed by atoms with E-state index in [1.54, 1.807) is 24.6 Å². The summed E-state index contributed by atoms with van der Waals surface area (Å²) in [7, 11) is 1.67. The SMILES string of the molecule is CN1CC(OC(=O)c2cccs2)N(c2nnc(C(C)(C)C)s2)C1=O. The van der Waals surface area contributed by atoms with Gasteiger partial charge in [0, 0.05) is 12.5 Å². The molecule has 1 saturated heterocycles. The molecule has 1 fully saturated rings. The molecule has 128 valence electrons. The highest BCUT2D eigenvalue weighted by molar-refractivity contribution is 7.15. The Balaban J connectivity index is 1.84. The minimum absolute atomic E-state index is 0.159. The first kappa shape index (κ1) is 16.8. The maximum atomic E-state index is 12.4. The second-order valence-electron chi connectivity index (χ2n) is 6.51. The van der Waals surface area contributed by atoms with Crippen LogP contribution in [0.4, 0.5) is 9.93 Å². The summed E-state index contributed by atoms with van der Waals surface area (Å²) in [6.45, 7) is 6.39. The normalized spacial score (nSPS) is 18.3. The van der Waals surface area contributed by atoms with Gasteiger partial charge in [-0.25, -0.2) is 14.5 Å². The van der Waals surface area contributed by atoms with Gasteiger partial charge >= 0.3 is 12.0 Å². The number of amides is 2. The zero-order chi connectivity index (χ0) is 17.5. The number of likely N-dealkylation sites (N-methyl/N-ethyl adjacent to an activating group) is 1. The van der Waals surface area contributed by atoms with Crippen LogP contribution in [0.25, 0.3) is 0 Å². The van der Waals surface area contributed by atoms with Gasteiger partial charge in [-0.2, -0.15) is 0 Å². The molecule has 1 atom stereocenters. The molecule has 0 N–H and O–H groups in total. The summed E-state index contributed by atoms with van der Waals surface area (Å²) in [5.41, 5.74) is -0.159. The molecule has 0 spiro atoms. The number of esters is 1. The third-order valence-corrected chi connectivity index (χ3v) is 5.68. The molecule has 9 heteroatoms. The van der Waals surface area contributed by atoms with Crippen molar-refractivity contribution in [3.05, 3.63) is 27.4 Å². The van der Waals surface area contributed by atoms with Crippen molar-refractivity contribution >= 4 is 39.8 Å². The van der Waals surface area contributed by atoms with E-state index in [0.717, 1.165) is 5.01 Å². The fraction of sp³-hybridized carbons (Fsp3) is 0.467. The summed E-state index contributed by atoms with van der Waals surface area (Å²) in [6, 6.07) is 3.22. The molecule has 0 bridgehead atoms. The third-order valence-electron chi connectivity index (χ3n) is 3.48. The third kappa shape index (κ3) is 3.13. The van der Waals surface area contributed by atoms with Crippen LogP contribution in [0.3, 0.4) is 0 Å². The number of hydrogen-bond donors (Lipinski definition) is 0. The van der Waals surface area contributed by atoms with Gasteiger partial charge in [0.2, 0.25) is 11.4 Å². The number of nitrogens with zero attached hydrogens (tertiary/aromatic N) is 4. The van der Waals surface area contributed by atoms with E-state index in [4.69, 9.17) is 4.74 Å². The highest BCUT2D eigenvalue weighted by Gasteiger charge is 2.41. The molecule has 1 aliphatic rings. The van der Waals surface area contributed by atoms with E-state index < -0.39 is 12.2 Å². The van der Waals surface area contributed by atoms with Crippen LogP contribution in [0.15, 0.2) is 17.5 Å². The topological polar surface area (TPSA) is 75.6 Å². The summed E-state index contributed by atoms with van der Waals surface area (Å²) in [4.78, 5) is 28.1. The lowest BCUT2D eigenvalue weighted by Gasteiger charge is -2.19. The van der Waals surface area contributed by atoms with Crippen molar-refractivity contribution in [2.45, 2.75) is 32.4 Å². The smallest absolute Gasteiger partial charge is 0.350 e. The minimum atomic E-state index is -0.710. The zero-order valence-corrected chi connectivity index (χ0v) is 15.5. The maximum Gasteiger partial charge on any atom is 0.350 e. The van der Waals surface area contributed by atoms with Gasteiger partial charge in [0.05, 0.1) is 6.54 Å². The van der Waals surface area contributed by atoms with Crippen LogP contribution < -0.4 is 4.90 Å². The highest BCUT2D eigenvalue weighted by Crippen LogP contribution is 2.33. The molecule has 7 nitrogen and oxygen atoms in total. The van der Waals surface area contributed by atoms with Crippen LogP contribution in [0.1, 0.15) is 35.5 Å². The number of anilines is 1. The molecule has 0 aromatic carbocycles. The highest BCUT2D eigenvalue weighted by atomic mass is 32.1. The van der Waals surface area contributed by atoms with Crippen LogP contribution in [-0.4, -0.2) is 46.9 Å². The van der Waals surface area contributed by atoms with E-state index in [1.165, 1.54) is 32.5 Å². The minimum Gasteiger partial charge on any atom is -0.435 e. The number of thiophene rings is 1. The molecular weight excluding hydrogens is 348 g/mol. The fourth-order valence-electron chi connectivity index (χ4n) is 2.19. The summed E-state index contributed by atoms with van der Waals surface area (Å²) >= 11 is 2.64. The molecule has 1 aliphatic heterocycles. The summed E-state index contributed by atoms with van der Waals surface area (Å²) in [5, 5.41) is 11.4. The molecule has 2 aromatic rings. The Morgan fingerprint density at radius 1 is 1.38 bits per heavy atom. The summed E-state index contributed by atoms with van der Waals surface area (Å²) < 4.78 is 5.53. The number of ether oxygens (including phenoxy) is 1. The predicted octanol–water partition coefficient (Wildman–Crippen LogP) is 2.95. The molecule has 24 heavy (non-hydrogen) atoms. The van der Waals surface area contributed by atoms with Crippen molar-refractivity contribution in [3.63, 3.8) is 0 Å². The van der Waals surface area contributed by atoms with Gasteiger partial charge in [-0.05, 0) is 11.4 Å². The van der Waals surface area contributed by atoms with Gasteiger partial charge in [0.25, 0.3) is 0 Å². The first-order valence-corrected chi connectivity index (χ1v) is 9.10. The molecule has 0 saturated carbocycles. The monoisotopic (exact) mass is 366 g/mol. The van der Waals surface area contributed by atoms with E-state index in [0.29, 0.717) is 16.6 Å². The number of carbonyl (C=O) groups excluding carboxylic acids is 2. The van der Waals surface area contributed by atoms with Crippen molar-refractivity contribution in [1.82, 2.24) is 15.1 Å². The van der Waals surface area contributed by atoms with Crippen molar-refractivity contribution in [3.8, 4) is 0 Å². The first-order valence-electron chi connectivity index (χ1n) is 7.40. The van der Waals surface area contributed by atoms with E-state index in [-0.39, 0.29) is 11.4 Å². The average molecular weight is 366 g/mol. The lowest BCUT2D eigenvalue weighted by Crippen LogP contribution is -2.37. The number of rotatable bonds is 3. The van der Waals surface area contributed by atoms with E-state index >= 15 is 0 Å². The number of hydrogen-bond acceptors (Lipinski definition) is 7. The molecule has 0 radical (unpaired) electrons. The Labute approximate surface area is 147 Å². The first-order chi connectivity index (χ1) is 11.3. The van der Waals surface area contributed by atoms with Gasteiger partial charge in [-0.1, -0.05) is 38.2 Å². The van der Waals surface area contributed by atoms with Gasteiger partial charge in [0.15, 0.2) is 0 Å². The molecule has 3 rings (SSSR count). The second kappa shape index (κ2) is 6.14. The fourth-order valence-corrected chi connectivity index (χ4v) is 3.73. The van der Waals surface area contributed by atoms with Crippen molar-refractivity contribution in [2.24, 2.45) is 0 Å². The van der Waals surface area contributed by atoms with Crippen LogP contribution in [-0.2, 0) is 10.2 Å². The van der Waals surface area contributed by atoms with Crippen LogP contribution >= 0.6 is 22.7 Å². The molecule has 1 unspecified atom stereocenters. The van der Waals surface area contributed by atoms with E-state index in [1.807, 2.05) is 20.8 Å². The maximum absolute atomic E-state index is 12.4. The molecule has 2 amide bonds. The number of urea groups is 1. The van der Waals surface area contributed by atoms with E-state index in [2.05, 4.69) is 10.2 Å². The lowest BCUT2D eigenvalue weighted by molar-refractivity contribution is 0.0337. The van der Waals surface area contributed by atoms with Crippen LogP contribution in [0.2, 0.25) is 0 Å². The van der Waals surface area contributed by atoms with Gasteiger partial charge < -0.3 is 9.64 Å². The quantitative estimate of drug-likeness (QED) is 0.781. The van der Waals surface area contributed by atoms with E-state index in [9.17, 15) is 9.59 Å². The Morgan fingerprint density at radius 3 is 2.71 bits per heavy atom. The van der Waals surface area contributed by atoms with Crippen molar-refractivity contribution < 1.29 is 14.3 Å². The predicted molar refractivity (Wildman–Crippen MR) is 92.6 cm³/mol. The number of aromatic nitrogens is 2.